The van der Waals surface area contributed by atoms with Crippen LogP contribution in [0.4, 0.5) is 0 Å². The van der Waals surface area contributed by atoms with E-state index in [-0.39, 0.29) is 0 Å². The highest BCUT2D eigenvalue weighted by atomic mass is 16.4. The van der Waals surface area contributed by atoms with Crippen LogP contribution in [0.5, 0.6) is 0 Å². The fraction of sp³-hybridized carbons (Fsp3) is 1.00. The average Bonchev–Trinajstić information content (AvgIpc) is 2.11. The van der Waals surface area contributed by atoms with Crippen LogP contribution < -0.4 is 11.5 Å². The molecule has 0 saturated carbocycles. The quantitative estimate of drug-likeness (QED) is 0.458. The molecule has 0 amide bonds. The molecule has 6 N–H and O–H groups in total. The molecule has 0 aliphatic carbocycles. The van der Waals surface area contributed by atoms with E-state index >= 15 is 0 Å². The normalized spacial score (nSPS) is 20.1. The summed E-state index contributed by atoms with van der Waals surface area (Å²) >= 11 is 0. The van der Waals surface area contributed by atoms with Crippen molar-refractivity contribution in [2.75, 3.05) is 0 Å². The molecule has 0 radical (unpaired) electrons. The van der Waals surface area contributed by atoms with Crippen molar-refractivity contribution in [2.24, 2.45) is 11.5 Å². The van der Waals surface area contributed by atoms with Crippen LogP contribution in [0, 0.1) is 0 Å². The number of aliphatic hydroxyl groups is 2. The van der Waals surface area contributed by atoms with E-state index < -0.39 is 11.4 Å². The summed E-state index contributed by atoms with van der Waals surface area (Å²) in [6, 6.07) is 0. The number of rotatable bonds is 7. The van der Waals surface area contributed by atoms with Crippen LogP contribution in [0.25, 0.3) is 0 Å². The van der Waals surface area contributed by atoms with Gasteiger partial charge in [0, 0.05) is 0 Å². The van der Waals surface area contributed by atoms with Gasteiger partial charge < -0.3 is 21.7 Å². The molecule has 0 rings (SSSR count). The van der Waals surface area contributed by atoms with Crippen molar-refractivity contribution in [3.63, 3.8) is 0 Å². The van der Waals surface area contributed by atoms with E-state index in [0.717, 1.165) is 25.7 Å². The van der Waals surface area contributed by atoms with Gasteiger partial charge in [-0.25, -0.2) is 0 Å². The van der Waals surface area contributed by atoms with E-state index in [1.54, 1.807) is 0 Å². The minimum Gasteiger partial charge on any atom is -0.372 e. The van der Waals surface area contributed by atoms with Gasteiger partial charge in [-0.2, -0.15) is 0 Å². The van der Waals surface area contributed by atoms with Crippen molar-refractivity contribution in [3.05, 3.63) is 0 Å². The van der Waals surface area contributed by atoms with Crippen molar-refractivity contribution in [1.82, 2.24) is 0 Å². The minimum absolute atomic E-state index is 0.334. The summed E-state index contributed by atoms with van der Waals surface area (Å²) in [5.74, 6) is 0. The molecule has 4 heteroatoms. The molecule has 0 heterocycles. The summed E-state index contributed by atoms with van der Waals surface area (Å²) < 4.78 is 0. The lowest BCUT2D eigenvalue weighted by atomic mass is 9.91. The highest BCUT2D eigenvalue weighted by Crippen LogP contribution is 2.23. The van der Waals surface area contributed by atoms with Crippen molar-refractivity contribution in [2.45, 2.75) is 63.8 Å². The molecule has 14 heavy (non-hydrogen) atoms. The van der Waals surface area contributed by atoms with Crippen LogP contribution in [-0.4, -0.2) is 21.7 Å². The third kappa shape index (κ3) is 3.92. The Morgan fingerprint density at radius 2 is 1.14 bits per heavy atom. The van der Waals surface area contributed by atoms with Crippen LogP contribution in [0.3, 0.4) is 0 Å². The molecule has 0 aromatic carbocycles. The first-order valence-electron chi connectivity index (χ1n) is 5.40. The summed E-state index contributed by atoms with van der Waals surface area (Å²) in [4.78, 5) is 0. The zero-order valence-corrected chi connectivity index (χ0v) is 9.29. The Morgan fingerprint density at radius 3 is 1.36 bits per heavy atom. The molecule has 0 saturated heterocycles. The van der Waals surface area contributed by atoms with E-state index in [1.165, 1.54) is 0 Å². The van der Waals surface area contributed by atoms with E-state index in [9.17, 15) is 10.2 Å². The molecule has 86 valence electrons. The Bertz CT molecular complexity index is 140. The Kier molecular flexibility index (Phi) is 5.59. The first-order valence-corrected chi connectivity index (χ1v) is 5.40. The van der Waals surface area contributed by atoms with Gasteiger partial charge in [0.2, 0.25) is 0 Å². The standard InChI is InChI=1S/C10H24N2O2/c1-3-5-7-9(11,13)10(12,14)8-6-4-2/h13-14H,3-8,11-12H2,1-2H3. The maximum Gasteiger partial charge on any atom is 0.155 e. The van der Waals surface area contributed by atoms with Gasteiger partial charge in [-0.05, 0) is 25.7 Å². The zero-order chi connectivity index (χ0) is 11.2. The van der Waals surface area contributed by atoms with E-state index in [4.69, 9.17) is 11.5 Å². The molecule has 0 aliphatic rings. The molecular weight excluding hydrogens is 180 g/mol. The Hall–Kier alpha value is -0.160. The maximum absolute atomic E-state index is 9.80. The van der Waals surface area contributed by atoms with Crippen molar-refractivity contribution < 1.29 is 10.2 Å². The van der Waals surface area contributed by atoms with Crippen molar-refractivity contribution >= 4 is 0 Å². The molecule has 0 aromatic rings. The molecule has 2 unspecified atom stereocenters. The van der Waals surface area contributed by atoms with Crippen LogP contribution in [0.2, 0.25) is 0 Å². The van der Waals surface area contributed by atoms with Gasteiger partial charge in [-0.15, -0.1) is 0 Å². The van der Waals surface area contributed by atoms with E-state index in [0.29, 0.717) is 12.8 Å². The molecular formula is C10H24N2O2. The van der Waals surface area contributed by atoms with Gasteiger partial charge in [-0.1, -0.05) is 26.7 Å². The van der Waals surface area contributed by atoms with Crippen LogP contribution in [-0.2, 0) is 0 Å². The van der Waals surface area contributed by atoms with E-state index in [2.05, 4.69) is 0 Å². The SMILES string of the molecule is CCCCC(N)(O)C(N)(O)CCCC. The summed E-state index contributed by atoms with van der Waals surface area (Å²) in [6.07, 6.45) is 4.03. The van der Waals surface area contributed by atoms with Gasteiger partial charge in [0.25, 0.3) is 0 Å². The molecule has 0 aliphatic heterocycles. The monoisotopic (exact) mass is 204 g/mol. The summed E-state index contributed by atoms with van der Waals surface area (Å²) in [6.45, 7) is 4.00. The highest BCUT2D eigenvalue weighted by Gasteiger charge is 2.41. The fourth-order valence-corrected chi connectivity index (χ4v) is 1.33. The maximum atomic E-state index is 9.80. The highest BCUT2D eigenvalue weighted by molar-refractivity contribution is 4.90. The van der Waals surface area contributed by atoms with E-state index in [1.807, 2.05) is 13.8 Å². The lowest BCUT2D eigenvalue weighted by molar-refractivity contribution is -0.155. The topological polar surface area (TPSA) is 92.5 Å². The smallest absolute Gasteiger partial charge is 0.155 e. The third-order valence-electron chi connectivity index (χ3n) is 2.57. The lowest BCUT2D eigenvalue weighted by Gasteiger charge is -2.37. The first kappa shape index (κ1) is 13.8. The van der Waals surface area contributed by atoms with Gasteiger partial charge in [0.1, 0.15) is 0 Å². The zero-order valence-electron chi connectivity index (χ0n) is 9.29. The predicted octanol–water partition coefficient (Wildman–Crippen LogP) is 0.661. The summed E-state index contributed by atoms with van der Waals surface area (Å²) in [5, 5.41) is 19.6. The molecule has 2 atom stereocenters. The third-order valence-corrected chi connectivity index (χ3v) is 2.57. The molecule has 0 spiro atoms. The molecule has 0 bridgehead atoms. The number of hydrogen-bond acceptors (Lipinski definition) is 4. The minimum atomic E-state index is -1.67. The molecule has 0 fully saturated rings. The van der Waals surface area contributed by atoms with Gasteiger partial charge in [-0.3, -0.25) is 0 Å². The number of hydrogen-bond donors (Lipinski definition) is 4. The van der Waals surface area contributed by atoms with Gasteiger partial charge >= 0.3 is 0 Å². The Labute approximate surface area is 86.3 Å². The predicted molar refractivity (Wildman–Crippen MR) is 57.3 cm³/mol. The second-order valence-corrected chi connectivity index (χ2v) is 4.06. The van der Waals surface area contributed by atoms with Gasteiger partial charge in [0.15, 0.2) is 11.4 Å². The average molecular weight is 204 g/mol. The largest absolute Gasteiger partial charge is 0.372 e. The summed E-state index contributed by atoms with van der Waals surface area (Å²) in [7, 11) is 0. The summed E-state index contributed by atoms with van der Waals surface area (Å²) in [5.41, 5.74) is 7.87. The lowest BCUT2D eigenvalue weighted by Crippen LogP contribution is -2.66. The molecule has 0 aromatic heterocycles. The second kappa shape index (κ2) is 5.66. The van der Waals surface area contributed by atoms with Crippen molar-refractivity contribution in [3.8, 4) is 0 Å². The Morgan fingerprint density at radius 1 is 0.857 bits per heavy atom. The number of unbranched alkanes of at least 4 members (excludes halogenated alkanes) is 2. The second-order valence-electron chi connectivity index (χ2n) is 4.06. The van der Waals surface area contributed by atoms with Crippen LogP contribution >= 0.6 is 0 Å². The fourth-order valence-electron chi connectivity index (χ4n) is 1.33. The number of nitrogens with two attached hydrogens (primary N) is 2. The van der Waals surface area contributed by atoms with Crippen LogP contribution in [0.15, 0.2) is 0 Å². The first-order chi connectivity index (χ1) is 6.37. The van der Waals surface area contributed by atoms with Crippen molar-refractivity contribution in [1.29, 1.82) is 0 Å². The van der Waals surface area contributed by atoms with Gasteiger partial charge in [0.05, 0.1) is 0 Å². The Balaban J connectivity index is 4.20. The van der Waals surface area contributed by atoms with Crippen LogP contribution in [0.1, 0.15) is 52.4 Å². The molecule has 4 nitrogen and oxygen atoms in total.